The number of esters is 1. The monoisotopic (exact) mass is 256 g/mol. The summed E-state index contributed by atoms with van der Waals surface area (Å²) in [5.41, 5.74) is 0. The van der Waals surface area contributed by atoms with Crippen molar-refractivity contribution in [1.82, 2.24) is 0 Å². The van der Waals surface area contributed by atoms with E-state index in [9.17, 15) is 9.59 Å². The smallest absolute Gasteiger partial charge is 0.319 e. The topological polar surface area (TPSA) is 43.4 Å². The Bertz CT molecular complexity index is 124. The second-order valence-electron chi connectivity index (χ2n) is 1.62. The Morgan fingerprint density at radius 3 is 2.80 bits per heavy atom. The molecule has 0 aromatic rings. The maximum atomic E-state index is 10.7. The van der Waals surface area contributed by atoms with Crippen molar-refractivity contribution in [1.29, 1.82) is 0 Å². The molecule has 0 heterocycles. The molecule has 0 rings (SSSR count). The predicted octanol–water partition coefficient (Wildman–Crippen LogP) is 0.942. The van der Waals surface area contributed by atoms with Crippen molar-refractivity contribution >= 4 is 34.8 Å². The van der Waals surface area contributed by atoms with Crippen molar-refractivity contribution in [3.63, 3.8) is 0 Å². The van der Waals surface area contributed by atoms with Crippen LogP contribution in [0.1, 0.15) is 13.3 Å². The summed E-state index contributed by atoms with van der Waals surface area (Å²) in [5, 5.41) is 0. The normalized spacial score (nSPS) is 12.2. The average Bonchev–Trinajstić information content (AvgIpc) is 1.89. The molecule has 0 aromatic carbocycles. The number of alkyl halides is 1. The minimum atomic E-state index is -0.324. The summed E-state index contributed by atoms with van der Waals surface area (Å²) < 4.78 is 4.33. The molecular formula is C6H9IO3. The molecule has 0 bridgehead atoms. The van der Waals surface area contributed by atoms with Crippen molar-refractivity contribution in [2.45, 2.75) is 17.3 Å². The molecule has 0 N–H and O–H groups in total. The number of halogens is 1. The highest BCUT2D eigenvalue weighted by atomic mass is 127. The van der Waals surface area contributed by atoms with E-state index in [1.807, 2.05) is 22.6 Å². The first-order valence-corrected chi connectivity index (χ1v) is 4.21. The zero-order valence-corrected chi connectivity index (χ0v) is 7.83. The van der Waals surface area contributed by atoms with Gasteiger partial charge in [0.25, 0.3) is 0 Å². The summed E-state index contributed by atoms with van der Waals surface area (Å²) in [6.45, 7) is 2.11. The zero-order valence-electron chi connectivity index (χ0n) is 5.67. The van der Waals surface area contributed by atoms with Gasteiger partial charge in [-0.25, -0.2) is 0 Å². The number of hydrogen-bond donors (Lipinski definition) is 0. The summed E-state index contributed by atoms with van der Waals surface area (Å²) in [4.78, 5) is 20.7. The van der Waals surface area contributed by atoms with Gasteiger partial charge in [-0.3, -0.25) is 4.79 Å². The number of aldehydes is 1. The Hall–Kier alpha value is -0.130. The summed E-state index contributed by atoms with van der Waals surface area (Å²) in [6.07, 6.45) is 0.952. The molecule has 0 aliphatic heterocycles. The molecule has 0 saturated carbocycles. The van der Waals surface area contributed by atoms with Crippen LogP contribution in [0.5, 0.6) is 0 Å². The Kier molecular flexibility index (Phi) is 5.57. The van der Waals surface area contributed by atoms with Gasteiger partial charge in [-0.15, -0.1) is 0 Å². The van der Waals surface area contributed by atoms with Crippen molar-refractivity contribution < 1.29 is 14.3 Å². The van der Waals surface area contributed by atoms with E-state index in [1.165, 1.54) is 0 Å². The lowest BCUT2D eigenvalue weighted by Gasteiger charge is -2.03. The van der Waals surface area contributed by atoms with Crippen LogP contribution in [0.15, 0.2) is 0 Å². The third-order valence-electron chi connectivity index (χ3n) is 0.846. The molecule has 4 heteroatoms. The zero-order chi connectivity index (χ0) is 7.98. The SMILES string of the molecule is CCOC(=O)C(I)CC=O. The van der Waals surface area contributed by atoms with E-state index in [1.54, 1.807) is 6.92 Å². The Labute approximate surface area is 73.3 Å². The predicted molar refractivity (Wildman–Crippen MR) is 45.1 cm³/mol. The van der Waals surface area contributed by atoms with Gasteiger partial charge in [0, 0.05) is 6.42 Å². The second-order valence-corrected chi connectivity index (χ2v) is 3.13. The van der Waals surface area contributed by atoms with Crippen LogP contribution in [0.3, 0.4) is 0 Å². The van der Waals surface area contributed by atoms with Crippen LogP contribution >= 0.6 is 22.6 Å². The molecule has 0 aliphatic rings. The molecule has 3 nitrogen and oxygen atoms in total. The first kappa shape index (κ1) is 9.87. The van der Waals surface area contributed by atoms with Crippen molar-refractivity contribution in [3.8, 4) is 0 Å². The standard InChI is InChI=1S/C6H9IO3/c1-2-10-6(9)5(7)3-4-8/h4-5H,2-3H2,1H3. The van der Waals surface area contributed by atoms with E-state index < -0.39 is 0 Å². The molecule has 0 aromatic heterocycles. The molecule has 0 saturated heterocycles. The number of rotatable bonds is 4. The number of ether oxygens (including phenoxy) is 1. The minimum absolute atomic E-state index is 0.236. The van der Waals surface area contributed by atoms with Crippen molar-refractivity contribution in [2.24, 2.45) is 0 Å². The highest BCUT2D eigenvalue weighted by molar-refractivity contribution is 14.1. The third-order valence-corrected chi connectivity index (χ3v) is 1.86. The lowest BCUT2D eigenvalue weighted by molar-refractivity contribution is -0.142. The quantitative estimate of drug-likeness (QED) is 0.325. The van der Waals surface area contributed by atoms with E-state index in [0.717, 1.165) is 0 Å². The molecule has 0 radical (unpaired) electrons. The number of hydrogen-bond acceptors (Lipinski definition) is 3. The Morgan fingerprint density at radius 1 is 1.80 bits per heavy atom. The summed E-state index contributed by atoms with van der Waals surface area (Å²) in [5.74, 6) is -0.310. The summed E-state index contributed by atoms with van der Waals surface area (Å²) in [7, 11) is 0. The first-order valence-electron chi connectivity index (χ1n) is 2.96. The van der Waals surface area contributed by atoms with Gasteiger partial charge < -0.3 is 9.53 Å². The van der Waals surface area contributed by atoms with Crippen LogP contribution < -0.4 is 0 Å². The largest absolute Gasteiger partial charge is 0.465 e. The fourth-order valence-electron chi connectivity index (χ4n) is 0.413. The van der Waals surface area contributed by atoms with E-state index in [2.05, 4.69) is 4.74 Å². The van der Waals surface area contributed by atoms with Gasteiger partial charge in [0.15, 0.2) is 0 Å². The number of carbonyl (C=O) groups is 2. The fourth-order valence-corrected chi connectivity index (χ4v) is 0.801. The molecule has 0 spiro atoms. The van der Waals surface area contributed by atoms with Gasteiger partial charge >= 0.3 is 5.97 Å². The van der Waals surface area contributed by atoms with Crippen LogP contribution in [0, 0.1) is 0 Å². The van der Waals surface area contributed by atoms with Gasteiger partial charge in [0.1, 0.15) is 10.2 Å². The number of carbonyl (C=O) groups excluding carboxylic acids is 2. The molecule has 0 amide bonds. The third kappa shape index (κ3) is 3.81. The second kappa shape index (κ2) is 5.64. The van der Waals surface area contributed by atoms with Crippen molar-refractivity contribution in [2.75, 3.05) is 6.61 Å². The molecule has 58 valence electrons. The van der Waals surface area contributed by atoms with Crippen LogP contribution in [0.2, 0.25) is 0 Å². The molecular weight excluding hydrogens is 247 g/mol. The van der Waals surface area contributed by atoms with Gasteiger partial charge in [-0.2, -0.15) is 0 Å². The molecule has 1 atom stereocenters. The lowest BCUT2D eigenvalue weighted by atomic mass is 10.3. The van der Waals surface area contributed by atoms with Crippen LogP contribution in [-0.4, -0.2) is 22.8 Å². The van der Waals surface area contributed by atoms with E-state index in [0.29, 0.717) is 12.9 Å². The molecule has 0 aliphatic carbocycles. The maximum Gasteiger partial charge on any atom is 0.319 e. The summed E-state index contributed by atoms with van der Waals surface area (Å²) in [6, 6.07) is 0. The van der Waals surface area contributed by atoms with E-state index in [4.69, 9.17) is 0 Å². The first-order chi connectivity index (χ1) is 4.72. The summed E-state index contributed by atoms with van der Waals surface area (Å²) >= 11 is 1.89. The van der Waals surface area contributed by atoms with Crippen LogP contribution in [-0.2, 0) is 14.3 Å². The van der Waals surface area contributed by atoms with Gasteiger partial charge in [-0.05, 0) is 6.92 Å². The average molecular weight is 256 g/mol. The molecule has 0 fully saturated rings. The minimum Gasteiger partial charge on any atom is -0.465 e. The Morgan fingerprint density at radius 2 is 2.40 bits per heavy atom. The molecule has 1 unspecified atom stereocenters. The highest BCUT2D eigenvalue weighted by Crippen LogP contribution is 2.05. The van der Waals surface area contributed by atoms with Crippen LogP contribution in [0.25, 0.3) is 0 Å². The molecule has 10 heavy (non-hydrogen) atoms. The highest BCUT2D eigenvalue weighted by Gasteiger charge is 2.13. The van der Waals surface area contributed by atoms with Gasteiger partial charge in [-0.1, -0.05) is 22.6 Å². The van der Waals surface area contributed by atoms with Gasteiger partial charge in [0.2, 0.25) is 0 Å². The maximum absolute atomic E-state index is 10.7. The van der Waals surface area contributed by atoms with Crippen LogP contribution in [0.4, 0.5) is 0 Å². The van der Waals surface area contributed by atoms with E-state index >= 15 is 0 Å². The van der Waals surface area contributed by atoms with Crippen molar-refractivity contribution in [3.05, 3.63) is 0 Å². The Balaban J connectivity index is 3.58. The lowest BCUT2D eigenvalue weighted by Crippen LogP contribution is -2.17. The van der Waals surface area contributed by atoms with Gasteiger partial charge in [0.05, 0.1) is 6.61 Å². The fraction of sp³-hybridized carbons (Fsp3) is 0.667. The van der Waals surface area contributed by atoms with E-state index in [-0.39, 0.29) is 16.3 Å².